The number of rotatable bonds is 4. The predicted molar refractivity (Wildman–Crippen MR) is 150 cm³/mol. The van der Waals surface area contributed by atoms with Crippen molar-refractivity contribution in [2.24, 2.45) is 5.41 Å². The summed E-state index contributed by atoms with van der Waals surface area (Å²) in [5.41, 5.74) is 1.79. The predicted octanol–water partition coefficient (Wildman–Crippen LogP) is 6.15. The van der Waals surface area contributed by atoms with Gasteiger partial charge < -0.3 is 9.64 Å². The van der Waals surface area contributed by atoms with Crippen LogP contribution in [0.5, 0.6) is 5.75 Å². The second kappa shape index (κ2) is 8.85. The highest BCUT2D eigenvalue weighted by molar-refractivity contribution is 6.32. The first-order valence-electron chi connectivity index (χ1n) is 13.1. The zero-order chi connectivity index (χ0) is 27.6. The van der Waals surface area contributed by atoms with E-state index in [9.17, 15) is 18.8 Å². The second-order valence-corrected chi connectivity index (χ2v) is 10.4. The average Bonchev–Trinajstić information content (AvgIpc) is 3.43. The van der Waals surface area contributed by atoms with Crippen molar-refractivity contribution in [3.05, 3.63) is 137 Å². The molecule has 1 aliphatic carbocycles. The van der Waals surface area contributed by atoms with Crippen LogP contribution in [0.2, 0.25) is 0 Å². The van der Waals surface area contributed by atoms with Gasteiger partial charge in [-0.05, 0) is 53.6 Å². The largest absolute Gasteiger partial charge is 0.497 e. The molecule has 1 saturated heterocycles. The Morgan fingerprint density at radius 2 is 1.45 bits per heavy atom. The summed E-state index contributed by atoms with van der Waals surface area (Å²) in [6.45, 7) is 0. The van der Waals surface area contributed by atoms with Gasteiger partial charge in [-0.1, -0.05) is 66.7 Å². The molecule has 4 aromatic rings. The number of fused-ring (bicyclic) bond motifs is 5. The van der Waals surface area contributed by atoms with E-state index < -0.39 is 29.2 Å². The van der Waals surface area contributed by atoms with Crippen LogP contribution in [0.1, 0.15) is 48.1 Å². The molecule has 3 atom stereocenters. The van der Waals surface area contributed by atoms with Crippen LogP contribution in [0.15, 0.2) is 103 Å². The summed E-state index contributed by atoms with van der Waals surface area (Å²) in [6, 6.07) is 25.6. The molecule has 0 N–H and O–H groups in total. The molecule has 0 unspecified atom stereocenters. The molecule has 2 aliphatic heterocycles. The van der Waals surface area contributed by atoms with Crippen molar-refractivity contribution in [1.29, 1.82) is 0 Å². The number of carbonyl (C=O) groups excluding carboxylic acids is 3. The van der Waals surface area contributed by atoms with Gasteiger partial charge in [0.05, 0.1) is 13.2 Å². The third kappa shape index (κ3) is 3.16. The average molecular weight is 530 g/mol. The van der Waals surface area contributed by atoms with Crippen LogP contribution in [-0.4, -0.2) is 36.5 Å². The Bertz CT molecular complexity index is 1690. The summed E-state index contributed by atoms with van der Waals surface area (Å²) in [6.07, 6.45) is 3.82. The van der Waals surface area contributed by atoms with Gasteiger partial charge in [0.15, 0.2) is 17.3 Å². The third-order valence-corrected chi connectivity index (χ3v) is 8.59. The first kappa shape index (κ1) is 24.2. The Labute approximate surface area is 230 Å². The standard InChI is InChI=1S/C34H24FNO4/c1-40-24-17-12-21(13-18-24)29-30(31(37)22-10-15-23(35)16-11-22)36-27-9-5-2-6-20(27)14-19-28(36)34(29)32(38)25-7-3-4-8-26(25)33(34)39/h2-19,28-30H,1H3/t28-,29+,30-/m1/s1. The molecule has 1 spiro atoms. The fraction of sp³-hybridized carbons (Fsp3) is 0.147. The Balaban J connectivity index is 1.53. The number of methoxy groups -OCH3 is 1. The topological polar surface area (TPSA) is 63.7 Å². The summed E-state index contributed by atoms with van der Waals surface area (Å²) in [5, 5.41) is 0. The molecule has 7 rings (SSSR count). The molecule has 0 bridgehead atoms. The van der Waals surface area contributed by atoms with Crippen LogP contribution in [0.4, 0.5) is 10.1 Å². The Hall–Kier alpha value is -4.84. The molecule has 40 heavy (non-hydrogen) atoms. The number of hydrogen-bond acceptors (Lipinski definition) is 5. The molecule has 3 aliphatic rings. The molecule has 0 radical (unpaired) electrons. The number of ether oxygens (including phenoxy) is 1. The third-order valence-electron chi connectivity index (χ3n) is 8.59. The van der Waals surface area contributed by atoms with Crippen LogP contribution in [0.25, 0.3) is 6.08 Å². The number of carbonyl (C=O) groups is 3. The lowest BCUT2D eigenvalue weighted by atomic mass is 9.64. The van der Waals surface area contributed by atoms with Gasteiger partial charge in [-0.2, -0.15) is 0 Å². The zero-order valence-corrected chi connectivity index (χ0v) is 21.6. The minimum atomic E-state index is -1.58. The Morgan fingerprint density at radius 1 is 0.825 bits per heavy atom. The smallest absolute Gasteiger partial charge is 0.185 e. The number of benzene rings is 4. The van der Waals surface area contributed by atoms with Crippen LogP contribution < -0.4 is 9.64 Å². The van der Waals surface area contributed by atoms with Crippen LogP contribution in [0, 0.1) is 11.2 Å². The lowest BCUT2D eigenvalue weighted by Gasteiger charge is -2.37. The van der Waals surface area contributed by atoms with Crippen molar-refractivity contribution in [1.82, 2.24) is 0 Å². The first-order valence-corrected chi connectivity index (χ1v) is 13.1. The van der Waals surface area contributed by atoms with Gasteiger partial charge in [0, 0.05) is 28.3 Å². The van der Waals surface area contributed by atoms with Gasteiger partial charge in [0.25, 0.3) is 0 Å². The van der Waals surface area contributed by atoms with Crippen molar-refractivity contribution in [2.75, 3.05) is 12.0 Å². The Kier molecular flexibility index (Phi) is 5.36. The molecule has 0 aromatic heterocycles. The molecule has 196 valence electrons. The van der Waals surface area contributed by atoms with E-state index in [0.29, 0.717) is 28.0 Å². The maximum Gasteiger partial charge on any atom is 0.185 e. The van der Waals surface area contributed by atoms with E-state index in [0.717, 1.165) is 11.3 Å². The fourth-order valence-electron chi connectivity index (χ4n) is 6.89. The minimum Gasteiger partial charge on any atom is -0.497 e. The maximum absolute atomic E-state index is 14.6. The van der Waals surface area contributed by atoms with Crippen LogP contribution >= 0.6 is 0 Å². The number of para-hydroxylation sites is 1. The SMILES string of the molecule is COc1ccc([C@H]2[C@H](C(=O)c3ccc(F)cc3)N3c4ccccc4C=C[C@@H]3C23C(=O)c2ccccc2C3=O)cc1. The van der Waals surface area contributed by atoms with Gasteiger partial charge in [-0.3, -0.25) is 14.4 Å². The van der Waals surface area contributed by atoms with Gasteiger partial charge in [-0.25, -0.2) is 4.39 Å². The first-order chi connectivity index (χ1) is 19.5. The van der Waals surface area contributed by atoms with E-state index in [1.54, 1.807) is 43.5 Å². The van der Waals surface area contributed by atoms with Crippen LogP contribution in [-0.2, 0) is 0 Å². The zero-order valence-electron chi connectivity index (χ0n) is 21.6. The molecule has 6 heteroatoms. The maximum atomic E-state index is 14.6. The van der Waals surface area contributed by atoms with Crippen molar-refractivity contribution in [3.8, 4) is 5.75 Å². The molecule has 1 fully saturated rings. The van der Waals surface area contributed by atoms with E-state index >= 15 is 0 Å². The number of anilines is 1. The van der Waals surface area contributed by atoms with Gasteiger partial charge in [-0.15, -0.1) is 0 Å². The number of hydrogen-bond donors (Lipinski definition) is 0. The second-order valence-electron chi connectivity index (χ2n) is 10.4. The number of ketones is 3. The van der Waals surface area contributed by atoms with E-state index in [4.69, 9.17) is 4.74 Å². The molecule has 0 amide bonds. The van der Waals surface area contributed by atoms with Crippen molar-refractivity contribution in [3.63, 3.8) is 0 Å². The summed E-state index contributed by atoms with van der Waals surface area (Å²) in [5.74, 6) is -1.53. The van der Waals surface area contributed by atoms with Crippen LogP contribution in [0.3, 0.4) is 0 Å². The summed E-state index contributed by atoms with van der Waals surface area (Å²) in [4.78, 5) is 45.6. The van der Waals surface area contributed by atoms with Gasteiger partial charge >= 0.3 is 0 Å². The molecule has 4 aromatic carbocycles. The molecule has 0 saturated carbocycles. The molecular formula is C34H24FNO4. The number of nitrogens with zero attached hydrogens (tertiary/aromatic N) is 1. The van der Waals surface area contributed by atoms with E-state index in [-0.39, 0.29) is 17.3 Å². The van der Waals surface area contributed by atoms with Gasteiger partial charge in [0.1, 0.15) is 23.0 Å². The minimum absolute atomic E-state index is 0.288. The van der Waals surface area contributed by atoms with Crippen molar-refractivity contribution >= 4 is 29.1 Å². The van der Waals surface area contributed by atoms with Crippen molar-refractivity contribution < 1.29 is 23.5 Å². The van der Waals surface area contributed by atoms with E-state index in [1.807, 2.05) is 53.5 Å². The normalized spacial score (nSPS) is 21.8. The quantitative estimate of drug-likeness (QED) is 0.234. The fourth-order valence-corrected chi connectivity index (χ4v) is 6.89. The highest BCUT2D eigenvalue weighted by atomic mass is 19.1. The molecule has 2 heterocycles. The molecular weight excluding hydrogens is 505 g/mol. The Morgan fingerprint density at radius 3 is 2.10 bits per heavy atom. The monoisotopic (exact) mass is 529 g/mol. The van der Waals surface area contributed by atoms with E-state index in [2.05, 4.69) is 0 Å². The van der Waals surface area contributed by atoms with Crippen molar-refractivity contribution in [2.45, 2.75) is 18.0 Å². The number of Topliss-reactive ketones (excluding diaryl/α,β-unsaturated/α-hetero) is 3. The summed E-state index contributed by atoms with van der Waals surface area (Å²) in [7, 11) is 1.57. The number of halogens is 1. The lowest BCUT2D eigenvalue weighted by Crippen LogP contribution is -2.48. The van der Waals surface area contributed by atoms with E-state index in [1.165, 1.54) is 24.3 Å². The molecule has 5 nitrogen and oxygen atoms in total. The summed E-state index contributed by atoms with van der Waals surface area (Å²) >= 11 is 0. The summed E-state index contributed by atoms with van der Waals surface area (Å²) < 4.78 is 19.2. The lowest BCUT2D eigenvalue weighted by molar-refractivity contribution is 0.0666. The highest BCUT2D eigenvalue weighted by Gasteiger charge is 2.71. The van der Waals surface area contributed by atoms with Gasteiger partial charge in [0.2, 0.25) is 0 Å². The highest BCUT2D eigenvalue weighted by Crippen LogP contribution is 2.61.